The number of aliphatic hydroxyl groups is 3. The molecule has 0 heterocycles. The van der Waals surface area contributed by atoms with E-state index >= 15 is 0 Å². The van der Waals surface area contributed by atoms with Crippen molar-refractivity contribution in [1.82, 2.24) is 0 Å². The van der Waals surface area contributed by atoms with Crippen molar-refractivity contribution in [3.8, 4) is 0 Å². The molecule has 0 atom stereocenters. The van der Waals surface area contributed by atoms with E-state index in [9.17, 15) is 0 Å². The smallest absolute Gasteiger partial charge is 2.00 e. The predicted octanol–water partition coefficient (Wildman–Crippen LogP) is -1.25. The van der Waals surface area contributed by atoms with Crippen LogP contribution in [0.5, 0.6) is 0 Å². The molecule has 0 unspecified atom stereocenters. The predicted molar refractivity (Wildman–Crippen MR) is 57.6 cm³/mol. The quantitative estimate of drug-likeness (QED) is 0.564. The van der Waals surface area contributed by atoms with Crippen molar-refractivity contribution in [2.45, 2.75) is 0 Å². The fraction of sp³-hybridized carbons (Fsp3) is 1.00. The summed E-state index contributed by atoms with van der Waals surface area (Å²) in [7, 11) is 4.66. The molecule has 0 aliphatic carbocycles. The molecule has 0 saturated heterocycles. The molecular weight excluding hydrogens is 271 g/mol. The minimum Gasteiger partial charge on any atom is -2.00 e. The summed E-state index contributed by atoms with van der Waals surface area (Å²) in [5.41, 5.74) is 0. The van der Waals surface area contributed by atoms with Gasteiger partial charge in [-0.05, 0) is 0 Å². The Bertz CT molecular complexity index is 58.1. The van der Waals surface area contributed by atoms with Gasteiger partial charge in [-0.15, -0.1) is 0 Å². The third-order valence-electron chi connectivity index (χ3n) is 0.886. The van der Waals surface area contributed by atoms with E-state index in [1.54, 1.807) is 21.3 Å². The summed E-state index contributed by atoms with van der Waals surface area (Å²) in [5.74, 6) is 0. The summed E-state index contributed by atoms with van der Waals surface area (Å²) in [4.78, 5) is 0. The zero-order chi connectivity index (χ0) is 12.4. The molecule has 0 aromatic heterocycles. The average Bonchev–Trinajstić information content (AvgIpc) is 2.23. The Hall–Kier alpha value is 0.304. The first kappa shape index (κ1) is 30.4. The average molecular weight is 295 g/mol. The van der Waals surface area contributed by atoms with E-state index in [-0.39, 0.29) is 43.9 Å². The summed E-state index contributed by atoms with van der Waals surface area (Å²) < 4.78 is 13.3. The van der Waals surface area contributed by atoms with E-state index in [4.69, 9.17) is 15.3 Å². The first-order valence-electron chi connectivity index (χ1n) is 4.54. The zero-order valence-electron chi connectivity index (χ0n) is 10.7. The van der Waals surface area contributed by atoms with Crippen molar-refractivity contribution < 1.29 is 53.6 Å². The second-order valence-corrected chi connectivity index (χ2v) is 2.15. The Labute approximate surface area is 115 Å². The molecule has 0 rings (SSSR count). The van der Waals surface area contributed by atoms with Crippen LogP contribution in [0.15, 0.2) is 0 Å². The van der Waals surface area contributed by atoms with Gasteiger partial charge in [-0.2, -0.15) is 0 Å². The fourth-order valence-corrected chi connectivity index (χ4v) is 0.274. The third kappa shape index (κ3) is 83.9. The summed E-state index contributed by atoms with van der Waals surface area (Å²) in [6.45, 7) is 1.70. The van der Waals surface area contributed by atoms with Crippen LogP contribution in [0.2, 0.25) is 0 Å². The molecule has 0 amide bonds. The first-order valence-corrected chi connectivity index (χ1v) is 4.54. The molecule has 8 heteroatoms. The van der Waals surface area contributed by atoms with Crippen LogP contribution in [-0.2, 0) is 38.2 Å². The van der Waals surface area contributed by atoms with Crippen LogP contribution in [0.25, 0.3) is 0 Å². The Balaban J connectivity index is -0.0000000400. The molecular formula is C9H24O7V. The van der Waals surface area contributed by atoms with Crippen molar-refractivity contribution in [1.29, 1.82) is 0 Å². The molecule has 0 fully saturated rings. The maximum Gasteiger partial charge on any atom is 2.00 e. The molecule has 3 N–H and O–H groups in total. The van der Waals surface area contributed by atoms with E-state index in [0.717, 1.165) is 0 Å². The normalized spacial score (nSPS) is 7.41. The minimum atomic E-state index is 0. The van der Waals surface area contributed by atoms with Gasteiger partial charge in [0.25, 0.3) is 0 Å². The fourth-order valence-electron chi connectivity index (χ4n) is 0.274. The van der Waals surface area contributed by atoms with Crippen LogP contribution >= 0.6 is 0 Å². The van der Waals surface area contributed by atoms with Crippen molar-refractivity contribution in [3.05, 3.63) is 0 Å². The number of hydrogen-bond donors (Lipinski definition) is 3. The summed E-state index contributed by atoms with van der Waals surface area (Å²) in [5, 5.41) is 23.8. The standard InChI is InChI=1S/3C3H8O2.O.V/c3*1-5-3-2-4;;/h3*4H,2-3H2,1H3;;/q;;;-2;+2. The number of hydrogen-bond acceptors (Lipinski definition) is 6. The Morgan fingerprint density at radius 1 is 0.647 bits per heavy atom. The summed E-state index contributed by atoms with van der Waals surface area (Å²) in [6, 6.07) is 0. The van der Waals surface area contributed by atoms with E-state index in [1.807, 2.05) is 0 Å². The number of aliphatic hydroxyl groups excluding tert-OH is 3. The van der Waals surface area contributed by atoms with E-state index < -0.39 is 0 Å². The van der Waals surface area contributed by atoms with Crippen LogP contribution in [-0.4, -0.2) is 76.3 Å². The van der Waals surface area contributed by atoms with Gasteiger partial charge in [-0.3, -0.25) is 0 Å². The van der Waals surface area contributed by atoms with Crippen LogP contribution in [0.1, 0.15) is 0 Å². The Morgan fingerprint density at radius 2 is 0.824 bits per heavy atom. The molecule has 0 spiro atoms. The number of rotatable bonds is 6. The molecule has 17 heavy (non-hydrogen) atoms. The maximum atomic E-state index is 7.94. The van der Waals surface area contributed by atoms with Gasteiger partial charge >= 0.3 is 18.6 Å². The van der Waals surface area contributed by atoms with Crippen molar-refractivity contribution in [3.63, 3.8) is 0 Å². The molecule has 1 radical (unpaired) electrons. The van der Waals surface area contributed by atoms with Crippen molar-refractivity contribution in [2.75, 3.05) is 61.0 Å². The van der Waals surface area contributed by atoms with Crippen molar-refractivity contribution >= 4 is 0 Å². The van der Waals surface area contributed by atoms with Gasteiger partial charge in [-0.1, -0.05) is 0 Å². The number of methoxy groups -OCH3 is 3. The summed E-state index contributed by atoms with van der Waals surface area (Å²) in [6.07, 6.45) is 0. The molecule has 107 valence electrons. The van der Waals surface area contributed by atoms with E-state index in [2.05, 4.69) is 14.2 Å². The number of ether oxygens (including phenoxy) is 3. The molecule has 0 aromatic carbocycles. The largest absolute Gasteiger partial charge is 2.00 e. The van der Waals surface area contributed by atoms with Gasteiger partial charge in [0, 0.05) is 21.3 Å². The van der Waals surface area contributed by atoms with Gasteiger partial charge in [0.1, 0.15) is 0 Å². The van der Waals surface area contributed by atoms with Gasteiger partial charge in [0.2, 0.25) is 0 Å². The molecule has 0 aliphatic heterocycles. The maximum absolute atomic E-state index is 7.94. The van der Waals surface area contributed by atoms with E-state index in [0.29, 0.717) is 19.8 Å². The van der Waals surface area contributed by atoms with Crippen LogP contribution in [0.3, 0.4) is 0 Å². The molecule has 0 saturated carbocycles. The minimum absolute atomic E-state index is 0. The Kier molecular flexibility index (Phi) is 78.8. The topological polar surface area (TPSA) is 117 Å². The third-order valence-corrected chi connectivity index (χ3v) is 0.886. The first-order chi connectivity index (χ1) is 7.24. The van der Waals surface area contributed by atoms with E-state index in [1.165, 1.54) is 0 Å². The van der Waals surface area contributed by atoms with Gasteiger partial charge < -0.3 is 35.0 Å². The van der Waals surface area contributed by atoms with Crippen molar-refractivity contribution in [2.24, 2.45) is 0 Å². The Morgan fingerprint density at radius 3 is 0.824 bits per heavy atom. The monoisotopic (exact) mass is 295 g/mol. The van der Waals surface area contributed by atoms with Crippen LogP contribution in [0, 0.1) is 0 Å². The summed E-state index contributed by atoms with van der Waals surface area (Å²) >= 11 is 0. The SMILES string of the molecule is COCCO.COCCO.COCCO.[O-2].[V+2]. The van der Waals surface area contributed by atoms with Crippen LogP contribution < -0.4 is 0 Å². The molecule has 7 nitrogen and oxygen atoms in total. The molecule has 0 aliphatic rings. The molecule has 0 bridgehead atoms. The van der Waals surface area contributed by atoms with Crippen LogP contribution in [0.4, 0.5) is 0 Å². The van der Waals surface area contributed by atoms with Gasteiger partial charge in [-0.25, -0.2) is 0 Å². The second-order valence-electron chi connectivity index (χ2n) is 2.15. The second kappa shape index (κ2) is 44.1. The zero-order valence-corrected chi connectivity index (χ0v) is 12.1. The van der Waals surface area contributed by atoms with Gasteiger partial charge in [0.15, 0.2) is 0 Å². The van der Waals surface area contributed by atoms with Gasteiger partial charge in [0.05, 0.1) is 39.6 Å². The molecule has 0 aromatic rings.